The maximum atomic E-state index is 6.18. The second kappa shape index (κ2) is 6.61. The summed E-state index contributed by atoms with van der Waals surface area (Å²) in [6.07, 6.45) is 8.69. The van der Waals surface area contributed by atoms with Crippen LogP contribution in [0.1, 0.15) is 72.6 Å². The van der Waals surface area contributed by atoms with E-state index in [1.54, 1.807) is 0 Å². The third-order valence-electron chi connectivity index (χ3n) is 3.60. The highest BCUT2D eigenvalue weighted by molar-refractivity contribution is 4.77. The second-order valence-corrected chi connectivity index (χ2v) is 5.14. The van der Waals surface area contributed by atoms with Crippen LogP contribution in [0.4, 0.5) is 0 Å². The van der Waals surface area contributed by atoms with Gasteiger partial charge in [-0.25, -0.2) is 0 Å². The van der Waals surface area contributed by atoms with Gasteiger partial charge in [0.1, 0.15) is 0 Å². The van der Waals surface area contributed by atoms with Crippen LogP contribution in [0.2, 0.25) is 0 Å². The van der Waals surface area contributed by atoms with E-state index in [9.17, 15) is 0 Å². The lowest BCUT2D eigenvalue weighted by atomic mass is 9.93. The molecule has 0 aromatic heterocycles. The normalized spacial score (nSPS) is 24.0. The van der Waals surface area contributed by atoms with Crippen LogP contribution < -0.4 is 0 Å². The fraction of sp³-hybridized carbons (Fsp3) is 1.00. The van der Waals surface area contributed by atoms with Crippen LogP contribution in [0, 0.1) is 0 Å². The largest absolute Gasteiger partial charge is 0.347 e. The van der Waals surface area contributed by atoms with E-state index in [2.05, 4.69) is 27.7 Å². The summed E-state index contributed by atoms with van der Waals surface area (Å²) in [6.45, 7) is 8.64. The number of hydrogen-bond donors (Lipinski definition) is 0. The lowest BCUT2D eigenvalue weighted by Gasteiger charge is -2.40. The molecule has 2 unspecified atom stereocenters. The third-order valence-corrected chi connectivity index (χ3v) is 3.60. The summed E-state index contributed by atoms with van der Waals surface area (Å²) in [4.78, 5) is 0. The van der Waals surface area contributed by atoms with Gasteiger partial charge in [0.25, 0.3) is 0 Å². The molecule has 1 aliphatic carbocycles. The summed E-state index contributed by atoms with van der Waals surface area (Å²) in [6, 6.07) is 0. The highest BCUT2D eigenvalue weighted by Gasteiger charge is 2.36. The van der Waals surface area contributed by atoms with E-state index in [1.165, 1.54) is 19.3 Å². The van der Waals surface area contributed by atoms with E-state index < -0.39 is 0 Å². The molecule has 0 N–H and O–H groups in total. The van der Waals surface area contributed by atoms with Crippen molar-refractivity contribution >= 4 is 0 Å². The molecule has 1 fully saturated rings. The first-order valence-electron chi connectivity index (χ1n) is 6.97. The van der Waals surface area contributed by atoms with Crippen molar-refractivity contribution in [1.82, 2.24) is 0 Å². The van der Waals surface area contributed by atoms with Crippen molar-refractivity contribution in [3.05, 3.63) is 0 Å². The maximum Gasteiger partial charge on any atom is 0.168 e. The second-order valence-electron chi connectivity index (χ2n) is 5.14. The predicted octanol–water partition coefficient (Wildman–Crippen LogP) is 4.28. The summed E-state index contributed by atoms with van der Waals surface area (Å²) in [5, 5.41) is 0. The van der Waals surface area contributed by atoms with Gasteiger partial charge in [0.05, 0.1) is 12.2 Å². The zero-order valence-electron chi connectivity index (χ0n) is 11.4. The Balaban J connectivity index is 2.59. The van der Waals surface area contributed by atoms with Gasteiger partial charge < -0.3 is 9.47 Å². The van der Waals surface area contributed by atoms with Crippen molar-refractivity contribution in [2.45, 2.75) is 90.6 Å². The molecule has 0 saturated heterocycles. The van der Waals surface area contributed by atoms with Crippen LogP contribution >= 0.6 is 0 Å². The molecule has 0 aromatic rings. The fourth-order valence-electron chi connectivity index (χ4n) is 2.25. The average molecular weight is 228 g/mol. The molecule has 2 nitrogen and oxygen atoms in total. The molecule has 1 aliphatic rings. The number of ether oxygens (including phenoxy) is 2. The van der Waals surface area contributed by atoms with Crippen molar-refractivity contribution in [2.24, 2.45) is 0 Å². The van der Waals surface area contributed by atoms with Gasteiger partial charge in [0.2, 0.25) is 0 Å². The van der Waals surface area contributed by atoms with Crippen LogP contribution in [0.25, 0.3) is 0 Å². The number of rotatable bonds is 6. The van der Waals surface area contributed by atoms with E-state index in [1.807, 2.05) is 0 Å². The van der Waals surface area contributed by atoms with Crippen LogP contribution in [0.5, 0.6) is 0 Å². The highest BCUT2D eigenvalue weighted by Crippen LogP contribution is 2.35. The Morgan fingerprint density at radius 1 is 0.875 bits per heavy atom. The van der Waals surface area contributed by atoms with E-state index in [-0.39, 0.29) is 5.79 Å². The van der Waals surface area contributed by atoms with Crippen molar-refractivity contribution < 1.29 is 9.47 Å². The van der Waals surface area contributed by atoms with Gasteiger partial charge in [-0.15, -0.1) is 0 Å². The summed E-state index contributed by atoms with van der Waals surface area (Å²) >= 11 is 0. The minimum absolute atomic E-state index is 0.275. The van der Waals surface area contributed by atoms with Crippen LogP contribution in [-0.4, -0.2) is 18.0 Å². The lowest BCUT2D eigenvalue weighted by Crippen LogP contribution is -2.42. The molecule has 2 heteroatoms. The summed E-state index contributed by atoms with van der Waals surface area (Å²) in [5.74, 6) is -0.275. The molecular formula is C14H28O2. The minimum Gasteiger partial charge on any atom is -0.347 e. The summed E-state index contributed by atoms with van der Waals surface area (Å²) < 4.78 is 12.4. The van der Waals surface area contributed by atoms with Gasteiger partial charge in [-0.2, -0.15) is 0 Å². The Kier molecular flexibility index (Phi) is 5.77. The Bertz CT molecular complexity index is 171. The molecule has 0 heterocycles. The van der Waals surface area contributed by atoms with Crippen LogP contribution in [-0.2, 0) is 9.47 Å². The zero-order valence-corrected chi connectivity index (χ0v) is 11.4. The van der Waals surface area contributed by atoms with Gasteiger partial charge in [-0.3, -0.25) is 0 Å². The maximum absolute atomic E-state index is 6.18. The summed E-state index contributed by atoms with van der Waals surface area (Å²) in [5.41, 5.74) is 0. The van der Waals surface area contributed by atoms with E-state index in [0.29, 0.717) is 12.2 Å². The van der Waals surface area contributed by atoms with Crippen LogP contribution in [0.3, 0.4) is 0 Å². The first-order chi connectivity index (χ1) is 7.62. The smallest absolute Gasteiger partial charge is 0.168 e. The lowest BCUT2D eigenvalue weighted by molar-refractivity contribution is -0.287. The van der Waals surface area contributed by atoms with E-state index in [4.69, 9.17) is 9.47 Å². The topological polar surface area (TPSA) is 18.5 Å². The van der Waals surface area contributed by atoms with Gasteiger partial charge in [-0.05, 0) is 39.5 Å². The van der Waals surface area contributed by atoms with E-state index in [0.717, 1.165) is 25.7 Å². The highest BCUT2D eigenvalue weighted by atomic mass is 16.7. The van der Waals surface area contributed by atoms with Gasteiger partial charge in [0, 0.05) is 12.8 Å². The molecular weight excluding hydrogens is 200 g/mol. The molecule has 1 saturated carbocycles. The molecule has 2 atom stereocenters. The summed E-state index contributed by atoms with van der Waals surface area (Å²) in [7, 11) is 0. The van der Waals surface area contributed by atoms with Crippen molar-refractivity contribution in [1.29, 1.82) is 0 Å². The van der Waals surface area contributed by atoms with Crippen LogP contribution in [0.15, 0.2) is 0 Å². The zero-order chi connectivity index (χ0) is 12.0. The molecule has 96 valence electrons. The Morgan fingerprint density at radius 3 is 1.69 bits per heavy atom. The monoisotopic (exact) mass is 228 g/mol. The standard InChI is InChI=1S/C14H28O2/c1-5-12(3)15-14(16-13(4)6-2)10-8-7-9-11-14/h12-13H,5-11H2,1-4H3. The Morgan fingerprint density at radius 2 is 1.31 bits per heavy atom. The first-order valence-corrected chi connectivity index (χ1v) is 6.97. The van der Waals surface area contributed by atoms with Gasteiger partial charge >= 0.3 is 0 Å². The molecule has 16 heavy (non-hydrogen) atoms. The molecule has 0 radical (unpaired) electrons. The van der Waals surface area contributed by atoms with Gasteiger partial charge in [-0.1, -0.05) is 20.3 Å². The SMILES string of the molecule is CCC(C)OC1(OC(C)CC)CCCCC1. The molecule has 0 aromatic carbocycles. The molecule has 0 spiro atoms. The quantitative estimate of drug-likeness (QED) is 0.632. The molecule has 1 rings (SSSR count). The molecule has 0 aliphatic heterocycles. The predicted molar refractivity (Wildman–Crippen MR) is 67.5 cm³/mol. The number of hydrogen-bond acceptors (Lipinski definition) is 2. The van der Waals surface area contributed by atoms with E-state index >= 15 is 0 Å². The molecule has 0 bridgehead atoms. The first kappa shape index (κ1) is 14.0. The molecule has 0 amide bonds. The van der Waals surface area contributed by atoms with Crippen molar-refractivity contribution in [3.63, 3.8) is 0 Å². The fourth-order valence-corrected chi connectivity index (χ4v) is 2.25. The Hall–Kier alpha value is -0.0800. The Labute approximate surface area is 101 Å². The van der Waals surface area contributed by atoms with Crippen molar-refractivity contribution in [2.75, 3.05) is 0 Å². The van der Waals surface area contributed by atoms with Crippen molar-refractivity contribution in [3.8, 4) is 0 Å². The minimum atomic E-state index is -0.275. The average Bonchev–Trinajstić information content (AvgIpc) is 2.29. The van der Waals surface area contributed by atoms with Gasteiger partial charge in [0.15, 0.2) is 5.79 Å². The third kappa shape index (κ3) is 4.06.